The molecule has 0 aliphatic rings. The molecule has 126 valence electrons. The number of rotatable bonds is 6. The number of nitrogens with one attached hydrogen (secondary N) is 2. The highest BCUT2D eigenvalue weighted by Crippen LogP contribution is 2.12. The maximum Gasteiger partial charge on any atom is 0.248 e. The quantitative estimate of drug-likeness (QED) is 0.556. The minimum atomic E-state index is -0.426. The van der Waals surface area contributed by atoms with E-state index in [4.69, 9.17) is 10.5 Å². The molecule has 0 aromatic heterocycles. The van der Waals surface area contributed by atoms with E-state index in [1.165, 1.54) is 0 Å². The Morgan fingerprint density at radius 2 is 1.75 bits per heavy atom. The Balaban J connectivity index is 1.87. The van der Waals surface area contributed by atoms with Crippen LogP contribution in [-0.4, -0.2) is 26.0 Å². The van der Waals surface area contributed by atoms with Crippen LogP contribution in [0.1, 0.15) is 21.5 Å². The van der Waals surface area contributed by atoms with E-state index in [0.717, 1.165) is 16.9 Å². The zero-order valence-electron chi connectivity index (χ0n) is 13.9. The van der Waals surface area contributed by atoms with Gasteiger partial charge in [0.25, 0.3) is 0 Å². The van der Waals surface area contributed by atoms with Crippen molar-refractivity contribution in [2.75, 3.05) is 14.2 Å². The largest absolute Gasteiger partial charge is 0.497 e. The van der Waals surface area contributed by atoms with Crippen LogP contribution in [0.5, 0.6) is 5.75 Å². The minimum Gasteiger partial charge on any atom is -0.497 e. The Morgan fingerprint density at radius 1 is 1.08 bits per heavy atom. The molecule has 24 heavy (non-hydrogen) atoms. The minimum absolute atomic E-state index is 0.426. The first kappa shape index (κ1) is 17.3. The normalized spacial score (nSPS) is 11.0. The third-order valence-corrected chi connectivity index (χ3v) is 3.52. The fourth-order valence-corrected chi connectivity index (χ4v) is 2.16. The smallest absolute Gasteiger partial charge is 0.248 e. The first-order chi connectivity index (χ1) is 11.6. The van der Waals surface area contributed by atoms with E-state index in [1.807, 2.05) is 36.4 Å². The lowest BCUT2D eigenvalue weighted by atomic mass is 10.1. The molecule has 0 saturated carbocycles. The summed E-state index contributed by atoms with van der Waals surface area (Å²) in [6, 6.07) is 15.0. The van der Waals surface area contributed by atoms with Gasteiger partial charge >= 0.3 is 0 Å². The van der Waals surface area contributed by atoms with Crippen LogP contribution in [0.3, 0.4) is 0 Å². The van der Waals surface area contributed by atoms with Crippen LogP contribution in [0.4, 0.5) is 0 Å². The van der Waals surface area contributed by atoms with E-state index >= 15 is 0 Å². The second kappa shape index (κ2) is 8.57. The monoisotopic (exact) mass is 326 g/mol. The SMILES string of the molecule is CN=C(NCc1ccc(C(N)=O)cc1)NCc1cccc(OC)c1. The highest BCUT2D eigenvalue weighted by molar-refractivity contribution is 5.92. The highest BCUT2D eigenvalue weighted by atomic mass is 16.5. The molecule has 2 rings (SSSR count). The van der Waals surface area contributed by atoms with E-state index in [1.54, 1.807) is 26.3 Å². The number of ether oxygens (including phenoxy) is 1. The molecule has 0 fully saturated rings. The number of nitrogens with zero attached hydrogens (tertiary/aromatic N) is 1. The van der Waals surface area contributed by atoms with Gasteiger partial charge in [0, 0.05) is 25.7 Å². The standard InChI is InChI=1S/C18H22N4O2/c1-20-18(22-12-14-4-3-5-16(10-14)24-2)21-11-13-6-8-15(9-7-13)17(19)23/h3-10H,11-12H2,1-2H3,(H2,19,23)(H2,20,21,22). The molecule has 4 N–H and O–H groups in total. The average Bonchev–Trinajstić information content (AvgIpc) is 2.62. The molecule has 0 saturated heterocycles. The van der Waals surface area contributed by atoms with Crippen molar-refractivity contribution in [2.24, 2.45) is 10.7 Å². The van der Waals surface area contributed by atoms with Gasteiger partial charge in [0.15, 0.2) is 5.96 Å². The summed E-state index contributed by atoms with van der Waals surface area (Å²) in [6.07, 6.45) is 0. The number of hydrogen-bond donors (Lipinski definition) is 3. The number of aliphatic imine (C=N–C) groups is 1. The molecule has 6 nitrogen and oxygen atoms in total. The van der Waals surface area contributed by atoms with Crippen molar-refractivity contribution in [3.05, 3.63) is 65.2 Å². The molecule has 0 radical (unpaired) electrons. The summed E-state index contributed by atoms with van der Waals surface area (Å²) in [5, 5.41) is 6.47. The Labute approximate surface area is 141 Å². The van der Waals surface area contributed by atoms with Gasteiger partial charge in [-0.3, -0.25) is 9.79 Å². The van der Waals surface area contributed by atoms with Crippen molar-refractivity contribution in [3.63, 3.8) is 0 Å². The van der Waals surface area contributed by atoms with Crippen molar-refractivity contribution < 1.29 is 9.53 Å². The Hall–Kier alpha value is -3.02. The second-order valence-electron chi connectivity index (χ2n) is 5.19. The fourth-order valence-electron chi connectivity index (χ4n) is 2.16. The highest BCUT2D eigenvalue weighted by Gasteiger charge is 2.02. The van der Waals surface area contributed by atoms with E-state index in [0.29, 0.717) is 24.6 Å². The molecular formula is C18H22N4O2. The van der Waals surface area contributed by atoms with E-state index in [9.17, 15) is 4.79 Å². The molecule has 0 heterocycles. The van der Waals surface area contributed by atoms with Crippen LogP contribution >= 0.6 is 0 Å². The lowest BCUT2D eigenvalue weighted by Crippen LogP contribution is -2.36. The van der Waals surface area contributed by atoms with Crippen molar-refractivity contribution >= 4 is 11.9 Å². The van der Waals surface area contributed by atoms with Crippen LogP contribution in [-0.2, 0) is 13.1 Å². The van der Waals surface area contributed by atoms with E-state index < -0.39 is 5.91 Å². The summed E-state index contributed by atoms with van der Waals surface area (Å²) in [5.74, 6) is 1.09. The Bertz CT molecular complexity index is 711. The van der Waals surface area contributed by atoms with Crippen molar-refractivity contribution in [2.45, 2.75) is 13.1 Å². The third-order valence-electron chi connectivity index (χ3n) is 3.52. The predicted octanol–water partition coefficient (Wildman–Crippen LogP) is 1.66. The summed E-state index contributed by atoms with van der Waals surface area (Å²) in [6.45, 7) is 1.23. The number of primary amides is 1. The van der Waals surface area contributed by atoms with E-state index in [2.05, 4.69) is 15.6 Å². The molecule has 0 unspecified atom stereocenters. The molecule has 0 spiro atoms. The number of benzene rings is 2. The van der Waals surface area contributed by atoms with Gasteiger partial charge in [-0.1, -0.05) is 24.3 Å². The number of carbonyl (C=O) groups excluding carboxylic acids is 1. The maximum atomic E-state index is 11.1. The second-order valence-corrected chi connectivity index (χ2v) is 5.19. The first-order valence-electron chi connectivity index (χ1n) is 7.58. The molecule has 6 heteroatoms. The number of amides is 1. The van der Waals surface area contributed by atoms with Crippen LogP contribution < -0.4 is 21.1 Å². The fraction of sp³-hybridized carbons (Fsp3) is 0.222. The number of carbonyl (C=O) groups is 1. The van der Waals surface area contributed by atoms with Gasteiger partial charge in [-0.2, -0.15) is 0 Å². The summed E-state index contributed by atoms with van der Waals surface area (Å²) in [4.78, 5) is 15.3. The molecule has 2 aromatic rings. The summed E-state index contributed by atoms with van der Waals surface area (Å²) >= 11 is 0. The number of hydrogen-bond acceptors (Lipinski definition) is 3. The van der Waals surface area contributed by atoms with Gasteiger partial charge < -0.3 is 21.1 Å². The van der Waals surface area contributed by atoms with Gasteiger partial charge in [0.2, 0.25) is 5.91 Å². The Morgan fingerprint density at radius 3 is 2.33 bits per heavy atom. The Kier molecular flexibility index (Phi) is 6.19. The van der Waals surface area contributed by atoms with Gasteiger partial charge in [0.1, 0.15) is 5.75 Å². The number of guanidine groups is 1. The molecule has 2 aromatic carbocycles. The lowest BCUT2D eigenvalue weighted by molar-refractivity contribution is 0.100. The number of nitrogens with two attached hydrogens (primary N) is 1. The molecule has 0 aliphatic carbocycles. The van der Waals surface area contributed by atoms with Crippen LogP contribution in [0.2, 0.25) is 0 Å². The summed E-state index contributed by atoms with van der Waals surface area (Å²) < 4.78 is 5.21. The summed E-state index contributed by atoms with van der Waals surface area (Å²) in [7, 11) is 3.37. The molecule has 0 bridgehead atoms. The lowest BCUT2D eigenvalue weighted by Gasteiger charge is -2.12. The van der Waals surface area contributed by atoms with Crippen LogP contribution in [0.25, 0.3) is 0 Å². The van der Waals surface area contributed by atoms with Crippen molar-refractivity contribution in [1.82, 2.24) is 10.6 Å². The topological polar surface area (TPSA) is 88.7 Å². The maximum absolute atomic E-state index is 11.1. The third kappa shape index (κ3) is 5.01. The van der Waals surface area contributed by atoms with Crippen LogP contribution in [0.15, 0.2) is 53.5 Å². The van der Waals surface area contributed by atoms with Crippen LogP contribution in [0, 0.1) is 0 Å². The molecule has 0 aliphatic heterocycles. The predicted molar refractivity (Wildman–Crippen MR) is 95.0 cm³/mol. The van der Waals surface area contributed by atoms with Crippen molar-refractivity contribution in [3.8, 4) is 5.75 Å². The van der Waals surface area contributed by atoms with Gasteiger partial charge in [0.05, 0.1) is 7.11 Å². The number of methoxy groups -OCH3 is 1. The van der Waals surface area contributed by atoms with Gasteiger partial charge in [-0.25, -0.2) is 0 Å². The zero-order chi connectivity index (χ0) is 17.4. The van der Waals surface area contributed by atoms with Gasteiger partial charge in [-0.05, 0) is 35.4 Å². The molecule has 1 amide bonds. The average molecular weight is 326 g/mol. The van der Waals surface area contributed by atoms with Gasteiger partial charge in [-0.15, -0.1) is 0 Å². The summed E-state index contributed by atoms with van der Waals surface area (Å²) in [5.41, 5.74) is 7.86. The first-order valence-corrected chi connectivity index (χ1v) is 7.58. The molecular weight excluding hydrogens is 304 g/mol. The molecule has 0 atom stereocenters. The van der Waals surface area contributed by atoms with Crippen molar-refractivity contribution in [1.29, 1.82) is 0 Å². The van der Waals surface area contributed by atoms with E-state index in [-0.39, 0.29) is 0 Å². The zero-order valence-corrected chi connectivity index (χ0v) is 13.9.